The molecule has 0 aliphatic heterocycles. The molecule has 19 heavy (non-hydrogen) atoms. The van der Waals surface area contributed by atoms with Crippen molar-refractivity contribution < 1.29 is 13.9 Å². The molecule has 0 fully saturated rings. The third-order valence-electron chi connectivity index (χ3n) is 3.09. The Morgan fingerprint density at radius 1 is 1.32 bits per heavy atom. The van der Waals surface area contributed by atoms with Gasteiger partial charge in [-0.1, -0.05) is 18.2 Å². The van der Waals surface area contributed by atoms with Crippen molar-refractivity contribution in [1.82, 2.24) is 5.32 Å². The van der Waals surface area contributed by atoms with Crippen LogP contribution in [0.5, 0.6) is 0 Å². The lowest BCUT2D eigenvalue weighted by molar-refractivity contribution is -0.140. The van der Waals surface area contributed by atoms with Gasteiger partial charge in [0.15, 0.2) is 0 Å². The maximum Gasteiger partial charge on any atom is 0.305 e. The molecule has 0 saturated carbocycles. The summed E-state index contributed by atoms with van der Waals surface area (Å²) in [7, 11) is 1.42. The van der Waals surface area contributed by atoms with Crippen LogP contribution in [0.25, 0.3) is 11.0 Å². The summed E-state index contributed by atoms with van der Waals surface area (Å²) in [5, 5.41) is 4.50. The zero-order valence-electron chi connectivity index (χ0n) is 11.1. The Hall–Kier alpha value is -1.81. The number of nitrogens with one attached hydrogen (secondary N) is 1. The molecule has 0 unspecified atom stereocenters. The van der Waals surface area contributed by atoms with Crippen LogP contribution in [0.3, 0.4) is 0 Å². The van der Waals surface area contributed by atoms with Gasteiger partial charge in [-0.25, -0.2) is 0 Å². The van der Waals surface area contributed by atoms with Crippen LogP contribution in [0.1, 0.15) is 18.4 Å². The van der Waals surface area contributed by atoms with Crippen LogP contribution in [0, 0.1) is 0 Å². The highest BCUT2D eigenvalue weighted by Crippen LogP contribution is 2.20. The smallest absolute Gasteiger partial charge is 0.305 e. The first-order valence-corrected chi connectivity index (χ1v) is 6.54. The molecule has 2 rings (SSSR count). The van der Waals surface area contributed by atoms with Crippen LogP contribution in [-0.4, -0.2) is 26.2 Å². The molecule has 4 heteroatoms. The number of fused-ring (bicyclic) bond motifs is 1. The molecule has 0 aliphatic rings. The van der Waals surface area contributed by atoms with Gasteiger partial charge in [-0.05, 0) is 37.6 Å². The van der Waals surface area contributed by atoms with E-state index in [-0.39, 0.29) is 5.97 Å². The van der Waals surface area contributed by atoms with E-state index in [0.717, 1.165) is 31.5 Å². The molecule has 0 atom stereocenters. The topological polar surface area (TPSA) is 51.5 Å². The Balaban J connectivity index is 1.70. The van der Waals surface area contributed by atoms with Gasteiger partial charge in [0, 0.05) is 11.8 Å². The Morgan fingerprint density at radius 2 is 2.16 bits per heavy atom. The molecule has 102 valence electrons. The third kappa shape index (κ3) is 3.83. The van der Waals surface area contributed by atoms with E-state index in [1.165, 1.54) is 18.1 Å². The second-order valence-corrected chi connectivity index (χ2v) is 4.44. The number of carbonyl (C=O) groups excluding carboxylic acids is 1. The van der Waals surface area contributed by atoms with E-state index in [2.05, 4.69) is 16.1 Å². The van der Waals surface area contributed by atoms with Gasteiger partial charge in [0.2, 0.25) is 0 Å². The summed E-state index contributed by atoms with van der Waals surface area (Å²) in [5.74, 6) is -0.150. The fraction of sp³-hybridized carbons (Fsp3) is 0.400. The number of esters is 1. The van der Waals surface area contributed by atoms with Crippen LogP contribution >= 0.6 is 0 Å². The highest BCUT2D eigenvalue weighted by atomic mass is 16.5. The average Bonchev–Trinajstić information content (AvgIpc) is 2.85. The van der Waals surface area contributed by atoms with Crippen LogP contribution in [0.15, 0.2) is 34.9 Å². The molecule has 1 aromatic carbocycles. The normalized spacial score (nSPS) is 10.8. The van der Waals surface area contributed by atoms with Gasteiger partial charge in [0.25, 0.3) is 0 Å². The fourth-order valence-electron chi connectivity index (χ4n) is 2.03. The predicted molar refractivity (Wildman–Crippen MR) is 74.0 cm³/mol. The van der Waals surface area contributed by atoms with E-state index in [4.69, 9.17) is 4.42 Å². The first-order valence-electron chi connectivity index (χ1n) is 6.54. The summed E-state index contributed by atoms with van der Waals surface area (Å²) in [6.45, 7) is 1.70. The van der Waals surface area contributed by atoms with Crippen molar-refractivity contribution in [3.05, 3.63) is 36.1 Å². The molecule has 2 aromatic rings. The van der Waals surface area contributed by atoms with Crippen LogP contribution in [0.4, 0.5) is 0 Å². The summed E-state index contributed by atoms with van der Waals surface area (Å²) in [4.78, 5) is 10.9. The van der Waals surface area contributed by atoms with Crippen molar-refractivity contribution in [2.45, 2.75) is 19.3 Å². The molecule has 1 aromatic heterocycles. The van der Waals surface area contributed by atoms with Crippen LogP contribution in [-0.2, 0) is 16.0 Å². The van der Waals surface area contributed by atoms with Crippen molar-refractivity contribution >= 4 is 16.9 Å². The minimum absolute atomic E-state index is 0.150. The summed E-state index contributed by atoms with van der Waals surface area (Å²) < 4.78 is 10.1. The number of rotatable bonds is 7. The summed E-state index contributed by atoms with van der Waals surface area (Å²) in [5.41, 5.74) is 2.15. The third-order valence-corrected chi connectivity index (χ3v) is 3.09. The van der Waals surface area contributed by atoms with Gasteiger partial charge >= 0.3 is 5.97 Å². The first-order chi connectivity index (χ1) is 9.31. The van der Waals surface area contributed by atoms with Gasteiger partial charge in [-0.15, -0.1) is 0 Å². The lowest BCUT2D eigenvalue weighted by Gasteiger charge is -2.03. The van der Waals surface area contributed by atoms with Gasteiger partial charge in [0.1, 0.15) is 5.58 Å². The number of hydrogen-bond donors (Lipinski definition) is 1. The molecule has 0 aliphatic carbocycles. The van der Waals surface area contributed by atoms with Gasteiger partial charge in [-0.3, -0.25) is 4.79 Å². The molecular formula is C15H19NO3. The molecule has 0 radical (unpaired) electrons. The summed E-state index contributed by atoms with van der Waals surface area (Å²) >= 11 is 0. The lowest BCUT2D eigenvalue weighted by Crippen LogP contribution is -2.19. The van der Waals surface area contributed by atoms with E-state index >= 15 is 0 Å². The van der Waals surface area contributed by atoms with E-state index in [0.29, 0.717) is 6.42 Å². The predicted octanol–water partition coefficient (Wildman–Crippen LogP) is 2.52. The highest BCUT2D eigenvalue weighted by Gasteiger charge is 2.04. The van der Waals surface area contributed by atoms with E-state index in [1.54, 1.807) is 0 Å². The number of hydrogen-bond acceptors (Lipinski definition) is 4. The van der Waals surface area contributed by atoms with Crippen molar-refractivity contribution in [1.29, 1.82) is 0 Å². The lowest BCUT2D eigenvalue weighted by atomic mass is 10.1. The van der Waals surface area contributed by atoms with Crippen LogP contribution in [0.2, 0.25) is 0 Å². The molecule has 4 nitrogen and oxygen atoms in total. The average molecular weight is 261 g/mol. The maximum absolute atomic E-state index is 10.9. The fourth-order valence-corrected chi connectivity index (χ4v) is 2.03. The van der Waals surface area contributed by atoms with Crippen LogP contribution < -0.4 is 5.32 Å². The number of carbonyl (C=O) groups is 1. The summed E-state index contributed by atoms with van der Waals surface area (Å²) in [6.07, 6.45) is 4.02. The number of ether oxygens (including phenoxy) is 1. The Kier molecular flexibility index (Phi) is 4.98. The van der Waals surface area contributed by atoms with Gasteiger partial charge in [-0.2, -0.15) is 0 Å². The Morgan fingerprint density at radius 3 is 3.00 bits per heavy atom. The molecule has 1 heterocycles. The molecule has 0 bridgehead atoms. The molecule has 1 N–H and O–H groups in total. The largest absolute Gasteiger partial charge is 0.469 e. The molecule has 0 spiro atoms. The second kappa shape index (κ2) is 6.95. The maximum atomic E-state index is 10.9. The zero-order chi connectivity index (χ0) is 13.5. The van der Waals surface area contributed by atoms with Crippen molar-refractivity contribution in [2.24, 2.45) is 0 Å². The molecule has 0 saturated heterocycles. The second-order valence-electron chi connectivity index (χ2n) is 4.44. The molecular weight excluding hydrogens is 242 g/mol. The van der Waals surface area contributed by atoms with E-state index in [9.17, 15) is 4.79 Å². The minimum Gasteiger partial charge on any atom is -0.469 e. The number of para-hydroxylation sites is 1. The number of benzene rings is 1. The van der Waals surface area contributed by atoms with Crippen molar-refractivity contribution in [3.8, 4) is 0 Å². The molecule has 0 amide bonds. The Bertz CT molecular complexity index is 533. The first kappa shape index (κ1) is 13.6. The SMILES string of the molecule is COC(=O)CCCNCCc1coc2ccccc12. The number of methoxy groups -OCH3 is 1. The van der Waals surface area contributed by atoms with Crippen molar-refractivity contribution in [2.75, 3.05) is 20.2 Å². The highest BCUT2D eigenvalue weighted by molar-refractivity contribution is 5.80. The van der Waals surface area contributed by atoms with E-state index < -0.39 is 0 Å². The Labute approximate surface area is 112 Å². The summed E-state index contributed by atoms with van der Waals surface area (Å²) in [6, 6.07) is 8.04. The van der Waals surface area contributed by atoms with E-state index in [1.807, 2.05) is 24.5 Å². The van der Waals surface area contributed by atoms with Gasteiger partial charge in [0.05, 0.1) is 13.4 Å². The quantitative estimate of drug-likeness (QED) is 0.614. The standard InChI is InChI=1S/C15H19NO3/c1-18-15(17)7-4-9-16-10-8-12-11-19-14-6-3-2-5-13(12)14/h2-3,5-6,11,16H,4,7-10H2,1H3. The number of furan rings is 1. The monoisotopic (exact) mass is 261 g/mol. The van der Waals surface area contributed by atoms with Gasteiger partial charge < -0.3 is 14.5 Å². The zero-order valence-corrected chi connectivity index (χ0v) is 11.1. The minimum atomic E-state index is -0.150. The van der Waals surface area contributed by atoms with Crippen molar-refractivity contribution in [3.63, 3.8) is 0 Å².